The average molecular weight is 930 g/mol. The van der Waals surface area contributed by atoms with Gasteiger partial charge >= 0.3 is 45.7 Å². The molecule has 17 heteroatoms. The second kappa shape index (κ2) is 20.3. The van der Waals surface area contributed by atoms with Gasteiger partial charge in [0, 0.05) is 12.4 Å². The normalized spacial score (nSPS) is 11.2. The highest BCUT2D eigenvalue weighted by Crippen LogP contribution is 2.28. The van der Waals surface area contributed by atoms with Crippen molar-refractivity contribution >= 4 is 45.7 Å². The number of rotatable bonds is 8. The summed E-state index contributed by atoms with van der Waals surface area (Å²) in [5, 5.41) is 0. The van der Waals surface area contributed by atoms with Gasteiger partial charge in [0.1, 0.15) is 0 Å². The van der Waals surface area contributed by atoms with Gasteiger partial charge in [-0.1, -0.05) is 54.6 Å². The molecule has 0 saturated carbocycles. The Bertz CT molecular complexity index is 3360. The summed E-state index contributed by atoms with van der Waals surface area (Å²) in [4.78, 5) is 34.0. The molecule has 0 spiro atoms. The summed E-state index contributed by atoms with van der Waals surface area (Å²) in [6.45, 7) is 0. The minimum absolute atomic E-state index is 0.0471. The first-order valence-electron chi connectivity index (χ1n) is 21.8. The second-order valence-corrected chi connectivity index (χ2v) is 16.1. The molecule has 1 aliphatic rings. The molecule has 8 aromatic rings. The molecule has 336 valence electrons. The van der Waals surface area contributed by atoms with Crippen LogP contribution >= 0.6 is 0 Å². The zero-order chi connectivity index (χ0) is 50.1. The molecular weight excluding hydrogens is 899 g/mol. The quantitative estimate of drug-likeness (QED) is 0.0818. The van der Waals surface area contributed by atoms with E-state index in [9.17, 15) is 44.2 Å². The molecule has 0 amide bonds. The molecule has 0 aliphatic heterocycles. The predicted molar refractivity (Wildman–Crippen MR) is 264 cm³/mol. The summed E-state index contributed by atoms with van der Waals surface area (Å²) in [6.07, 6.45) is 3.02. The van der Waals surface area contributed by atoms with Gasteiger partial charge in [-0.25, -0.2) is 0 Å². The molecule has 8 bridgehead atoms. The van der Waals surface area contributed by atoms with E-state index in [2.05, 4.69) is 43.3 Å². The molecule has 7 aromatic carbocycles. The van der Waals surface area contributed by atoms with Crippen molar-refractivity contribution in [3.05, 3.63) is 322 Å². The smallest absolute Gasteiger partial charge is 0.329 e. The molecule has 1 heterocycles. The van der Waals surface area contributed by atoms with Crippen molar-refractivity contribution < 1.29 is 38.3 Å². The molecule has 0 N–H and O–H groups in total. The van der Waals surface area contributed by atoms with Crippen molar-refractivity contribution in [1.82, 2.24) is 4.98 Å². The third-order valence-corrected chi connectivity index (χ3v) is 11.9. The first kappa shape index (κ1) is 45.9. The standard InChI is InChI=1S/C55H31N17/c56-65-48(32-10-4-1-5-11-32)36-20-40-28-41(21-36)53(70-61)43-23-38(50(67-58)34-14-8-3-9-15-34)25-45(30-43)55(72-63)47-27-39(51(68-59)35-16-18-64-19-17-35)26-46(31-47)54(71-62)44-24-37(22-42(29-44)52(40)69-60)49(66-57)33-12-6-2-7-13-33/h1-31H. The Balaban J connectivity index is 1.43. The molecule has 1 aromatic heterocycles. The number of benzene rings is 7. The fourth-order valence-corrected chi connectivity index (χ4v) is 8.71. The van der Waals surface area contributed by atoms with Gasteiger partial charge in [-0.05, 0) is 121 Å². The van der Waals surface area contributed by atoms with Gasteiger partial charge in [0.2, 0.25) is 0 Å². The highest BCUT2D eigenvalue weighted by atomic mass is 14.9. The molecule has 0 radical (unpaired) electrons. The zero-order valence-electron chi connectivity index (χ0n) is 37.5. The van der Waals surface area contributed by atoms with Gasteiger partial charge in [-0.3, -0.25) is 4.98 Å². The van der Waals surface area contributed by atoms with Crippen LogP contribution in [0.15, 0.2) is 188 Å². The molecule has 0 saturated heterocycles. The number of pyridine rings is 1. The lowest BCUT2D eigenvalue weighted by Gasteiger charge is -2.10. The van der Waals surface area contributed by atoms with Gasteiger partial charge in [0.05, 0.1) is 89.0 Å². The van der Waals surface area contributed by atoms with Crippen molar-refractivity contribution in [2.75, 3.05) is 0 Å². The van der Waals surface area contributed by atoms with E-state index in [4.69, 9.17) is 0 Å². The number of nitrogens with zero attached hydrogens (tertiary/aromatic N) is 17. The highest BCUT2D eigenvalue weighted by Gasteiger charge is 2.34. The van der Waals surface area contributed by atoms with Crippen molar-refractivity contribution in [3.63, 3.8) is 0 Å². The number of aromatic nitrogens is 1. The highest BCUT2D eigenvalue weighted by molar-refractivity contribution is 6.23. The Labute approximate surface area is 409 Å². The zero-order valence-corrected chi connectivity index (χ0v) is 37.5. The van der Waals surface area contributed by atoms with Gasteiger partial charge < -0.3 is 44.2 Å². The van der Waals surface area contributed by atoms with Crippen LogP contribution in [0.25, 0.3) is 44.2 Å². The fourth-order valence-electron chi connectivity index (χ4n) is 8.71. The Morgan fingerprint density at radius 1 is 0.250 bits per heavy atom. The maximum Gasteiger partial charge on any atom is 0.329 e. The van der Waals surface area contributed by atoms with Gasteiger partial charge in [0.25, 0.3) is 0 Å². The lowest BCUT2D eigenvalue weighted by atomic mass is 9.86. The Morgan fingerprint density at radius 3 is 0.653 bits per heavy atom. The van der Waals surface area contributed by atoms with Crippen molar-refractivity contribution in [3.8, 4) is 0 Å². The predicted octanol–water partition coefficient (Wildman–Crippen LogP) is 7.93. The van der Waals surface area contributed by atoms with Crippen molar-refractivity contribution in [2.24, 2.45) is 0 Å². The first-order valence-corrected chi connectivity index (χ1v) is 21.8. The number of hydrogen-bond acceptors (Lipinski definition) is 1. The van der Waals surface area contributed by atoms with E-state index in [1.54, 1.807) is 176 Å². The minimum atomic E-state index is -0.101. The van der Waals surface area contributed by atoms with E-state index >= 15 is 0 Å². The monoisotopic (exact) mass is 929 g/mol. The molecule has 1 aliphatic carbocycles. The van der Waals surface area contributed by atoms with E-state index in [1.807, 2.05) is 0 Å². The summed E-state index contributed by atoms with van der Waals surface area (Å²) >= 11 is 0. The van der Waals surface area contributed by atoms with Gasteiger partial charge in [-0.15, -0.1) is 0 Å². The maximum absolute atomic E-state index is 11.2. The number of fused-ring (bicyclic) bond motifs is 8. The summed E-state index contributed by atoms with van der Waals surface area (Å²) in [6, 6.07) is 48.5. The minimum Gasteiger partial charge on any atom is -0.361 e. The molecule has 0 atom stereocenters. The Morgan fingerprint density at radius 2 is 0.458 bits per heavy atom. The van der Waals surface area contributed by atoms with Crippen LogP contribution in [0.3, 0.4) is 0 Å². The number of hydrogen-bond donors (Lipinski definition) is 0. The van der Waals surface area contributed by atoms with Crippen LogP contribution in [0.2, 0.25) is 0 Å². The van der Waals surface area contributed by atoms with E-state index in [1.165, 1.54) is 12.4 Å². The van der Waals surface area contributed by atoms with Crippen molar-refractivity contribution in [2.45, 2.75) is 0 Å². The lowest BCUT2D eigenvalue weighted by Crippen LogP contribution is -2.18. The largest absolute Gasteiger partial charge is 0.361 e. The summed E-state index contributed by atoms with van der Waals surface area (Å²) in [5.41, 5.74) is 91.5. The SMILES string of the molecule is [N-]=[N+]=C(c1ccccc1)c1cc2cc(c1)C(=[N+]=[N-])c1cc(C(=[N+]=[N-])c3ccccc3)cc(c1)C(=[N+]=[N-])c1cc(C(=[N+]=[N-])c3ccncc3)cc(c1)C(=[N+]=[N-])c1cc(C(=[N+]=[N-])c3ccccc3)cc(c1)C2=[N+]=[N-]. The summed E-state index contributed by atoms with van der Waals surface area (Å²) in [5.74, 6) is 0. The lowest BCUT2D eigenvalue weighted by molar-refractivity contribution is -0.00398. The van der Waals surface area contributed by atoms with Crippen LogP contribution in [0.5, 0.6) is 0 Å². The summed E-state index contributed by atoms with van der Waals surface area (Å²) in [7, 11) is 0. The maximum atomic E-state index is 11.2. The van der Waals surface area contributed by atoms with Crippen LogP contribution in [0, 0.1) is 0 Å². The summed E-state index contributed by atoms with van der Waals surface area (Å²) < 4.78 is 0. The van der Waals surface area contributed by atoms with E-state index in [0.29, 0.717) is 22.3 Å². The van der Waals surface area contributed by atoms with Crippen LogP contribution in [-0.2, 0) is 0 Å². The first-order chi connectivity index (χ1) is 35.3. The molecular formula is C55H31N17. The molecule has 72 heavy (non-hydrogen) atoms. The third-order valence-electron chi connectivity index (χ3n) is 11.9. The fraction of sp³-hybridized carbons (Fsp3) is 0. The van der Waals surface area contributed by atoms with E-state index < -0.39 is 0 Å². The van der Waals surface area contributed by atoms with Crippen LogP contribution in [-0.4, -0.2) is 89.0 Å². The van der Waals surface area contributed by atoms with E-state index in [-0.39, 0.29) is 112 Å². The van der Waals surface area contributed by atoms with Crippen LogP contribution in [0.4, 0.5) is 0 Å². The molecule has 0 unspecified atom stereocenters. The van der Waals surface area contributed by atoms with Gasteiger partial charge in [-0.2, -0.15) is 38.3 Å². The van der Waals surface area contributed by atoms with Crippen LogP contribution in [0.1, 0.15) is 89.0 Å². The van der Waals surface area contributed by atoms with Crippen molar-refractivity contribution in [1.29, 1.82) is 0 Å². The second-order valence-electron chi connectivity index (χ2n) is 16.1. The molecule has 0 fully saturated rings. The average Bonchev–Trinajstić information content (AvgIpc) is 3.41. The Hall–Kier alpha value is -11.3. The van der Waals surface area contributed by atoms with E-state index in [0.717, 1.165) is 0 Å². The van der Waals surface area contributed by atoms with Crippen LogP contribution < -0.4 is 0 Å². The third kappa shape index (κ3) is 8.85. The van der Waals surface area contributed by atoms with Gasteiger partial charge in [0.15, 0.2) is 0 Å². The topological polar surface area (TPSA) is 304 Å². The molecule has 17 nitrogen and oxygen atoms in total. The molecule has 9 rings (SSSR count). The Kier molecular flexibility index (Phi) is 12.9.